The number of hydrogen-bond donors (Lipinski definition) is 3. The van der Waals surface area contributed by atoms with E-state index in [1.807, 2.05) is 47.0 Å². The van der Waals surface area contributed by atoms with Crippen LogP contribution in [0, 0.1) is 0 Å². The van der Waals surface area contributed by atoms with Crippen LogP contribution in [-0.2, 0) is 42.3 Å². The fourth-order valence-corrected chi connectivity index (χ4v) is 10.1. The highest BCUT2D eigenvalue weighted by Crippen LogP contribution is 2.49. The van der Waals surface area contributed by atoms with E-state index in [2.05, 4.69) is 63.0 Å². The molecule has 0 saturated carbocycles. The Bertz CT molecular complexity index is 2570. The first-order valence-corrected chi connectivity index (χ1v) is 25.1. The summed E-state index contributed by atoms with van der Waals surface area (Å²) in [5.74, 6) is -0.930. The molecule has 3 aliphatic rings. The molecule has 0 saturated heterocycles. The SMILES string of the molecule is CCc1ccc(S(=O)(=O)O)cc1C(C)(C)C(/C=C/C1=C(C2=CC=C(C(=O)O)CC2)C(=C/C=C2/N(CCC[N+](C)(C)C)c3ccc(S(=O)(=O)O)cc3C2(C)C)/CCC1)=NCCCN(C)C. The zero-order valence-electron chi connectivity index (χ0n) is 39.4. The van der Waals surface area contributed by atoms with Crippen LogP contribution in [0.1, 0.15) is 96.3 Å². The van der Waals surface area contributed by atoms with Gasteiger partial charge in [0.05, 0.1) is 37.5 Å². The number of benzene rings is 2. The monoisotopic (exact) mass is 917 g/mol. The Hall–Kier alpha value is -4.44. The predicted molar refractivity (Wildman–Crippen MR) is 257 cm³/mol. The Morgan fingerprint density at radius 2 is 1.59 bits per heavy atom. The molecular formula is C50H69N4O8S2+. The number of aryl methyl sites for hydroxylation is 1. The lowest BCUT2D eigenvalue weighted by atomic mass is 9.76. The van der Waals surface area contributed by atoms with Crippen molar-refractivity contribution in [1.82, 2.24) is 4.90 Å². The molecule has 14 heteroatoms. The lowest BCUT2D eigenvalue weighted by Gasteiger charge is -2.30. The van der Waals surface area contributed by atoms with E-state index in [0.717, 1.165) is 106 Å². The van der Waals surface area contributed by atoms with Gasteiger partial charge in [-0.1, -0.05) is 65.0 Å². The first kappa shape index (κ1) is 50.6. The first-order valence-electron chi connectivity index (χ1n) is 22.2. The molecule has 2 aromatic carbocycles. The summed E-state index contributed by atoms with van der Waals surface area (Å²) in [5, 5.41) is 9.84. The average molecular weight is 918 g/mol. The van der Waals surface area contributed by atoms with Gasteiger partial charge in [-0.15, -0.1) is 0 Å². The summed E-state index contributed by atoms with van der Waals surface area (Å²) < 4.78 is 70.2. The highest BCUT2D eigenvalue weighted by atomic mass is 32.2. The van der Waals surface area contributed by atoms with Gasteiger partial charge < -0.3 is 19.4 Å². The third kappa shape index (κ3) is 12.1. The molecule has 1 heterocycles. The molecule has 5 rings (SSSR count). The van der Waals surface area contributed by atoms with Crippen LogP contribution in [0.2, 0.25) is 0 Å². The van der Waals surface area contributed by atoms with Gasteiger partial charge in [-0.25, -0.2) is 4.79 Å². The molecule has 0 atom stereocenters. The number of nitrogens with zero attached hydrogens (tertiary/aromatic N) is 4. The van der Waals surface area contributed by atoms with Crippen LogP contribution in [0.3, 0.4) is 0 Å². The van der Waals surface area contributed by atoms with Crippen LogP contribution in [0.25, 0.3) is 0 Å². The molecule has 64 heavy (non-hydrogen) atoms. The summed E-state index contributed by atoms with van der Waals surface area (Å²) in [7, 11) is 1.63. The van der Waals surface area contributed by atoms with Crippen molar-refractivity contribution in [3.05, 3.63) is 123 Å². The van der Waals surface area contributed by atoms with E-state index in [-0.39, 0.29) is 9.79 Å². The maximum Gasteiger partial charge on any atom is 0.331 e. The Morgan fingerprint density at radius 3 is 2.19 bits per heavy atom. The standard InChI is InChI=1S/C50H68N4O8S2/c1-11-35-21-24-40(63(57,58)59)33-42(35)49(2,3)45(51-29-13-30-52(6)7)27-22-36-15-12-16-37(47(36)38-17-19-39(20-18-38)48(55)56)23-28-46-50(4,5)43-34-41(64(60,61)62)25-26-44(43)53(46)31-14-32-54(8,9)10/h17,19,21-28,33-34H,11-16,18,20,29-32H2,1-10H3,(H2-,55,56,57,58,59,60,61,62)/p+1/b27-22+,37-23+,46-28+,51-45?. The topological polar surface area (TPSA) is 165 Å². The minimum absolute atomic E-state index is 0.141. The number of carboxylic acid groups (broad SMARTS) is 1. The zero-order chi connectivity index (χ0) is 47.4. The van der Waals surface area contributed by atoms with Crippen LogP contribution in [0.5, 0.6) is 0 Å². The predicted octanol–water partition coefficient (Wildman–Crippen LogP) is 8.89. The van der Waals surface area contributed by atoms with Crippen molar-refractivity contribution in [3.63, 3.8) is 0 Å². The van der Waals surface area contributed by atoms with Crippen LogP contribution >= 0.6 is 0 Å². The van der Waals surface area contributed by atoms with Gasteiger partial charge in [0.25, 0.3) is 20.2 Å². The summed E-state index contributed by atoms with van der Waals surface area (Å²) in [4.78, 5) is 21.3. The van der Waals surface area contributed by atoms with Crippen molar-refractivity contribution in [2.45, 2.75) is 107 Å². The summed E-state index contributed by atoms with van der Waals surface area (Å²) in [6.07, 6.45) is 17.8. The average Bonchev–Trinajstić information content (AvgIpc) is 3.42. The van der Waals surface area contributed by atoms with Crippen molar-refractivity contribution in [2.75, 3.05) is 66.3 Å². The van der Waals surface area contributed by atoms with E-state index in [9.17, 15) is 35.8 Å². The van der Waals surface area contributed by atoms with Crippen molar-refractivity contribution < 1.29 is 40.3 Å². The van der Waals surface area contributed by atoms with E-state index in [0.29, 0.717) is 37.9 Å². The lowest BCUT2D eigenvalue weighted by molar-refractivity contribution is -0.870. The first-order chi connectivity index (χ1) is 29.8. The summed E-state index contributed by atoms with van der Waals surface area (Å²) in [6.45, 7) is 13.3. The van der Waals surface area contributed by atoms with E-state index >= 15 is 0 Å². The molecule has 2 aliphatic carbocycles. The molecule has 12 nitrogen and oxygen atoms in total. The number of fused-ring (bicyclic) bond motifs is 1. The molecule has 0 aromatic heterocycles. The van der Waals surface area contributed by atoms with Crippen molar-refractivity contribution in [3.8, 4) is 0 Å². The zero-order valence-corrected chi connectivity index (χ0v) is 41.0. The lowest BCUT2D eigenvalue weighted by Crippen LogP contribution is -2.37. The number of hydrogen-bond acceptors (Lipinski definition) is 8. The Balaban J connectivity index is 1.69. The number of rotatable bonds is 18. The molecule has 0 radical (unpaired) electrons. The highest BCUT2D eigenvalue weighted by molar-refractivity contribution is 7.86. The van der Waals surface area contributed by atoms with Gasteiger partial charge in [0, 0.05) is 53.0 Å². The fourth-order valence-electron chi connectivity index (χ4n) is 9.10. The van der Waals surface area contributed by atoms with Crippen LogP contribution < -0.4 is 4.90 Å². The van der Waals surface area contributed by atoms with Crippen LogP contribution in [0.15, 0.2) is 121 Å². The quantitative estimate of drug-likeness (QED) is 0.0570. The second-order valence-corrected chi connectivity index (χ2v) is 22.4. The number of allylic oxidation sites excluding steroid dienone is 11. The highest BCUT2D eigenvalue weighted by Gasteiger charge is 2.41. The van der Waals surface area contributed by atoms with E-state index in [1.165, 1.54) is 12.1 Å². The Kier molecular flexibility index (Phi) is 15.8. The van der Waals surface area contributed by atoms with Crippen molar-refractivity contribution in [2.24, 2.45) is 4.99 Å². The summed E-state index contributed by atoms with van der Waals surface area (Å²) >= 11 is 0. The van der Waals surface area contributed by atoms with Crippen molar-refractivity contribution >= 4 is 37.6 Å². The Labute approximate surface area is 382 Å². The number of aliphatic carboxylic acids is 1. The molecular weight excluding hydrogens is 849 g/mol. The van der Waals surface area contributed by atoms with Gasteiger partial charge in [0.1, 0.15) is 0 Å². The number of carbonyl (C=O) groups is 1. The normalized spacial score (nSPS) is 19.0. The van der Waals surface area contributed by atoms with Crippen LogP contribution in [-0.4, -0.2) is 114 Å². The second-order valence-electron chi connectivity index (χ2n) is 19.5. The summed E-state index contributed by atoms with van der Waals surface area (Å²) in [5.41, 5.74) is 8.49. The number of carboxylic acids is 1. The fraction of sp³-hybridized carbons (Fsp3) is 0.480. The van der Waals surface area contributed by atoms with Crippen LogP contribution in [0.4, 0.5) is 5.69 Å². The van der Waals surface area contributed by atoms with Gasteiger partial charge in [-0.3, -0.25) is 14.1 Å². The third-order valence-corrected chi connectivity index (χ3v) is 14.4. The van der Waals surface area contributed by atoms with Gasteiger partial charge in [-0.05, 0) is 147 Å². The van der Waals surface area contributed by atoms with E-state index in [4.69, 9.17) is 4.99 Å². The van der Waals surface area contributed by atoms with Gasteiger partial charge in [0.2, 0.25) is 0 Å². The van der Waals surface area contributed by atoms with Crippen molar-refractivity contribution in [1.29, 1.82) is 0 Å². The largest absolute Gasteiger partial charge is 0.478 e. The minimum Gasteiger partial charge on any atom is -0.478 e. The maximum absolute atomic E-state index is 12.4. The molecule has 0 bridgehead atoms. The van der Waals surface area contributed by atoms with Gasteiger partial charge in [-0.2, -0.15) is 16.8 Å². The molecule has 0 spiro atoms. The molecule has 0 fully saturated rings. The smallest absolute Gasteiger partial charge is 0.331 e. The van der Waals surface area contributed by atoms with E-state index < -0.39 is 37.0 Å². The van der Waals surface area contributed by atoms with Gasteiger partial charge >= 0.3 is 5.97 Å². The number of aliphatic imine (C=N–C) groups is 1. The minimum atomic E-state index is -4.46. The molecule has 2 aromatic rings. The summed E-state index contributed by atoms with van der Waals surface area (Å²) in [6, 6.07) is 9.60. The Morgan fingerprint density at radius 1 is 0.922 bits per heavy atom. The maximum atomic E-state index is 12.4. The molecule has 1 aliphatic heterocycles. The second kappa shape index (κ2) is 20.0. The molecule has 3 N–H and O–H groups in total. The molecule has 0 unspecified atom stereocenters. The third-order valence-electron chi connectivity index (χ3n) is 12.7. The number of quaternary nitrogens is 1. The van der Waals surface area contributed by atoms with Gasteiger partial charge in [0.15, 0.2) is 0 Å². The van der Waals surface area contributed by atoms with E-state index in [1.54, 1.807) is 30.3 Å². The number of anilines is 1. The molecule has 348 valence electrons. The molecule has 0 amide bonds.